The summed E-state index contributed by atoms with van der Waals surface area (Å²) in [5, 5.41) is -0.198. The van der Waals surface area contributed by atoms with Gasteiger partial charge in [0, 0.05) is 12.3 Å². The number of benzene rings is 1. The van der Waals surface area contributed by atoms with Gasteiger partial charge in [-0.05, 0) is 6.07 Å². The molecule has 0 aliphatic heterocycles. The molecular formula is C12H8ClF2N3O2. The Morgan fingerprint density at radius 2 is 2.10 bits per heavy atom. The molecule has 0 atom stereocenters. The molecule has 0 spiro atoms. The predicted octanol–water partition coefficient (Wildman–Crippen LogP) is 2.18. The fourth-order valence-corrected chi connectivity index (χ4v) is 1.85. The Bertz CT molecular complexity index is 671. The number of rotatable bonds is 3. The van der Waals surface area contributed by atoms with Gasteiger partial charge >= 0.3 is 0 Å². The Hall–Kier alpha value is -2.28. The molecule has 104 valence electrons. The first kappa shape index (κ1) is 14.1. The van der Waals surface area contributed by atoms with Gasteiger partial charge < -0.3 is 10.5 Å². The Labute approximate surface area is 117 Å². The van der Waals surface area contributed by atoms with Crippen LogP contribution in [0.5, 0.6) is 5.88 Å². The number of halogens is 3. The van der Waals surface area contributed by atoms with Crippen molar-refractivity contribution in [3.05, 3.63) is 40.6 Å². The summed E-state index contributed by atoms with van der Waals surface area (Å²) in [7, 11) is 1.27. The summed E-state index contributed by atoms with van der Waals surface area (Å²) in [4.78, 5) is 18.8. The van der Waals surface area contributed by atoms with Crippen molar-refractivity contribution in [2.24, 2.45) is 5.73 Å². The molecule has 2 N–H and O–H groups in total. The van der Waals surface area contributed by atoms with E-state index in [1.54, 1.807) is 0 Å². The van der Waals surface area contributed by atoms with Crippen molar-refractivity contribution in [1.82, 2.24) is 9.97 Å². The van der Waals surface area contributed by atoms with Crippen molar-refractivity contribution in [1.29, 1.82) is 0 Å². The average Bonchev–Trinajstić information content (AvgIpc) is 2.37. The van der Waals surface area contributed by atoms with E-state index in [2.05, 4.69) is 9.97 Å². The molecule has 2 aromatic rings. The van der Waals surface area contributed by atoms with E-state index in [1.807, 2.05) is 0 Å². The summed E-state index contributed by atoms with van der Waals surface area (Å²) >= 11 is 5.77. The van der Waals surface area contributed by atoms with Crippen LogP contribution in [0.3, 0.4) is 0 Å². The topological polar surface area (TPSA) is 78.1 Å². The lowest BCUT2D eigenvalue weighted by Crippen LogP contribution is -2.14. The molecule has 0 aliphatic rings. The Morgan fingerprint density at radius 3 is 2.65 bits per heavy atom. The van der Waals surface area contributed by atoms with Gasteiger partial charge in [0.25, 0.3) is 5.91 Å². The van der Waals surface area contributed by atoms with E-state index in [4.69, 9.17) is 22.1 Å². The van der Waals surface area contributed by atoms with Gasteiger partial charge in [0.15, 0.2) is 5.82 Å². The van der Waals surface area contributed by atoms with Crippen molar-refractivity contribution < 1.29 is 18.3 Å². The molecule has 0 unspecified atom stereocenters. The van der Waals surface area contributed by atoms with Crippen molar-refractivity contribution in [3.8, 4) is 17.3 Å². The van der Waals surface area contributed by atoms with Crippen LogP contribution in [0.4, 0.5) is 8.78 Å². The lowest BCUT2D eigenvalue weighted by Gasteiger charge is -2.08. The Morgan fingerprint density at radius 1 is 1.40 bits per heavy atom. The highest BCUT2D eigenvalue weighted by Crippen LogP contribution is 2.30. The maximum Gasteiger partial charge on any atom is 0.255 e. The zero-order chi connectivity index (χ0) is 14.9. The highest BCUT2D eigenvalue weighted by molar-refractivity contribution is 6.33. The molecule has 0 radical (unpaired) electrons. The first-order chi connectivity index (χ1) is 9.43. The minimum atomic E-state index is -0.927. The molecule has 8 heteroatoms. The summed E-state index contributed by atoms with van der Waals surface area (Å²) in [6.45, 7) is 0. The maximum absolute atomic E-state index is 13.8. The minimum absolute atomic E-state index is 0.0603. The van der Waals surface area contributed by atoms with Gasteiger partial charge in [-0.3, -0.25) is 4.79 Å². The summed E-state index contributed by atoms with van der Waals surface area (Å²) in [5.74, 6) is -2.81. The van der Waals surface area contributed by atoms with Crippen molar-refractivity contribution in [2.45, 2.75) is 0 Å². The van der Waals surface area contributed by atoms with E-state index in [1.165, 1.54) is 7.11 Å². The Kier molecular flexibility index (Phi) is 3.80. The van der Waals surface area contributed by atoms with Gasteiger partial charge in [-0.2, -0.15) is 4.98 Å². The van der Waals surface area contributed by atoms with Crippen LogP contribution >= 0.6 is 11.6 Å². The predicted molar refractivity (Wildman–Crippen MR) is 67.5 cm³/mol. The second-order valence-corrected chi connectivity index (χ2v) is 4.13. The molecule has 0 saturated carbocycles. The molecule has 0 aliphatic carbocycles. The van der Waals surface area contributed by atoms with E-state index < -0.39 is 17.5 Å². The number of amides is 1. The number of hydrogen-bond acceptors (Lipinski definition) is 4. The number of nitrogens with zero attached hydrogens (tertiary/aromatic N) is 2. The SMILES string of the molecule is COc1nc(-c2c(F)cc(F)cc2Cl)ncc1C(N)=O. The quantitative estimate of drug-likeness (QED) is 0.942. The summed E-state index contributed by atoms with van der Waals surface area (Å²) in [6, 6.07) is 1.58. The first-order valence-corrected chi connectivity index (χ1v) is 5.67. The van der Waals surface area contributed by atoms with Crippen LogP contribution in [0.25, 0.3) is 11.4 Å². The number of hydrogen-bond donors (Lipinski definition) is 1. The third-order valence-electron chi connectivity index (χ3n) is 2.44. The lowest BCUT2D eigenvalue weighted by atomic mass is 10.2. The number of methoxy groups -OCH3 is 1. The first-order valence-electron chi connectivity index (χ1n) is 5.29. The van der Waals surface area contributed by atoms with E-state index >= 15 is 0 Å². The fourth-order valence-electron chi connectivity index (χ4n) is 1.57. The number of carbonyl (C=O) groups is 1. The molecule has 1 aromatic carbocycles. The molecule has 1 aromatic heterocycles. The Balaban J connectivity index is 2.63. The standard InChI is InChI=1S/C12H8ClF2N3O2/c1-20-12-6(10(16)19)4-17-11(18-12)9-7(13)2-5(14)3-8(9)15/h2-4H,1H3,(H2,16,19). The number of ether oxygens (including phenoxy) is 1. The largest absolute Gasteiger partial charge is 0.480 e. The molecule has 0 saturated heterocycles. The van der Waals surface area contributed by atoms with E-state index in [0.717, 1.165) is 12.3 Å². The van der Waals surface area contributed by atoms with Crippen LogP contribution < -0.4 is 10.5 Å². The lowest BCUT2D eigenvalue weighted by molar-refractivity contribution is 0.0996. The smallest absolute Gasteiger partial charge is 0.255 e. The molecular weight excluding hydrogens is 292 g/mol. The third kappa shape index (κ3) is 2.53. The number of nitrogens with two attached hydrogens (primary N) is 1. The molecule has 5 nitrogen and oxygen atoms in total. The highest BCUT2D eigenvalue weighted by atomic mass is 35.5. The zero-order valence-corrected chi connectivity index (χ0v) is 10.9. The average molecular weight is 300 g/mol. The zero-order valence-electron chi connectivity index (χ0n) is 10.2. The van der Waals surface area contributed by atoms with Gasteiger partial charge in [0.05, 0.1) is 17.7 Å². The van der Waals surface area contributed by atoms with Gasteiger partial charge in [0.2, 0.25) is 5.88 Å². The van der Waals surface area contributed by atoms with Crippen LogP contribution in [-0.2, 0) is 0 Å². The molecule has 1 heterocycles. The van der Waals surface area contributed by atoms with Crippen LogP contribution in [0.2, 0.25) is 5.02 Å². The van der Waals surface area contributed by atoms with Crippen LogP contribution in [0, 0.1) is 11.6 Å². The van der Waals surface area contributed by atoms with Gasteiger partial charge in [-0.25, -0.2) is 13.8 Å². The van der Waals surface area contributed by atoms with Crippen LogP contribution in [0.1, 0.15) is 10.4 Å². The molecule has 1 amide bonds. The summed E-state index contributed by atoms with van der Waals surface area (Å²) < 4.78 is 31.6. The van der Waals surface area contributed by atoms with E-state index in [-0.39, 0.29) is 27.9 Å². The van der Waals surface area contributed by atoms with E-state index in [0.29, 0.717) is 6.07 Å². The van der Waals surface area contributed by atoms with Crippen LogP contribution in [-0.4, -0.2) is 23.0 Å². The monoisotopic (exact) mass is 299 g/mol. The second kappa shape index (κ2) is 5.38. The molecule has 2 rings (SSSR count). The second-order valence-electron chi connectivity index (χ2n) is 3.73. The van der Waals surface area contributed by atoms with Gasteiger partial charge in [0.1, 0.15) is 17.2 Å². The number of carbonyl (C=O) groups excluding carboxylic acids is 1. The van der Waals surface area contributed by atoms with Gasteiger partial charge in [-0.1, -0.05) is 11.6 Å². The highest BCUT2D eigenvalue weighted by Gasteiger charge is 2.18. The molecule has 0 bridgehead atoms. The normalized spacial score (nSPS) is 10.4. The maximum atomic E-state index is 13.8. The minimum Gasteiger partial charge on any atom is -0.480 e. The summed E-state index contributed by atoms with van der Waals surface area (Å²) in [5.41, 5.74) is 4.86. The number of aromatic nitrogens is 2. The van der Waals surface area contributed by atoms with Crippen molar-refractivity contribution in [3.63, 3.8) is 0 Å². The molecule has 20 heavy (non-hydrogen) atoms. The third-order valence-corrected chi connectivity index (χ3v) is 2.74. The van der Waals surface area contributed by atoms with E-state index in [9.17, 15) is 13.6 Å². The summed E-state index contributed by atoms with van der Waals surface area (Å²) in [6.07, 6.45) is 1.09. The molecule has 0 fully saturated rings. The van der Waals surface area contributed by atoms with Crippen LogP contribution in [0.15, 0.2) is 18.3 Å². The van der Waals surface area contributed by atoms with Crippen molar-refractivity contribution >= 4 is 17.5 Å². The van der Waals surface area contributed by atoms with Crippen molar-refractivity contribution in [2.75, 3.05) is 7.11 Å². The fraction of sp³-hybridized carbons (Fsp3) is 0.0833. The van der Waals surface area contributed by atoms with Gasteiger partial charge in [-0.15, -0.1) is 0 Å². The number of primary amides is 1.